The van der Waals surface area contributed by atoms with E-state index >= 15 is 0 Å². The van der Waals surface area contributed by atoms with Crippen LogP contribution in [0.5, 0.6) is 5.75 Å². The topological polar surface area (TPSA) is 79.4 Å². The Labute approximate surface area is 185 Å². The Morgan fingerprint density at radius 2 is 2.00 bits per heavy atom. The Kier molecular flexibility index (Phi) is 6.84. The van der Waals surface area contributed by atoms with Gasteiger partial charge in [-0.2, -0.15) is 5.10 Å². The van der Waals surface area contributed by atoms with Crippen molar-refractivity contribution in [1.29, 1.82) is 0 Å². The maximum atomic E-state index is 12.3. The van der Waals surface area contributed by atoms with Gasteiger partial charge in [0.25, 0.3) is 5.91 Å². The Balaban J connectivity index is 1.42. The zero-order valence-electron chi connectivity index (χ0n) is 17.3. The van der Waals surface area contributed by atoms with E-state index in [9.17, 15) is 4.79 Å². The summed E-state index contributed by atoms with van der Waals surface area (Å²) in [6.45, 7) is 2.78. The minimum atomic E-state index is -0.199. The molecule has 4 aromatic rings. The molecule has 0 aliphatic heterocycles. The van der Waals surface area contributed by atoms with Crippen molar-refractivity contribution in [3.63, 3.8) is 0 Å². The first-order valence-electron chi connectivity index (χ1n) is 10.3. The average Bonchev–Trinajstić information content (AvgIpc) is 3.22. The Bertz CT molecular complexity index is 1190. The van der Waals surface area contributed by atoms with Crippen LogP contribution in [0.2, 0.25) is 0 Å². The number of hydrazone groups is 1. The van der Waals surface area contributed by atoms with E-state index in [1.807, 2.05) is 60.7 Å². The zero-order valence-corrected chi connectivity index (χ0v) is 18.1. The fourth-order valence-electron chi connectivity index (χ4n) is 3.19. The van der Waals surface area contributed by atoms with Gasteiger partial charge in [0.15, 0.2) is 5.16 Å². The second kappa shape index (κ2) is 10.1. The van der Waals surface area contributed by atoms with Crippen LogP contribution in [-0.4, -0.2) is 34.4 Å². The standard InChI is InChI=1S/C24H24N4O2S/c1-2-3-14-30-22-13-12-17-8-4-5-9-18(17)19(22)15-25-28-23(29)16-31-24-26-20-10-6-7-11-21(20)27-24/h4-13,15H,2-3,14,16H2,1H3,(H,26,27)(H,28,29)/b25-15+. The molecular weight excluding hydrogens is 408 g/mol. The van der Waals surface area contributed by atoms with Crippen LogP contribution >= 0.6 is 11.8 Å². The third-order valence-corrected chi connectivity index (χ3v) is 5.65. The first kappa shape index (κ1) is 20.9. The molecule has 158 valence electrons. The molecule has 7 heteroatoms. The molecule has 0 aliphatic carbocycles. The summed E-state index contributed by atoms with van der Waals surface area (Å²) in [5.41, 5.74) is 5.31. The number of hydrogen-bond donors (Lipinski definition) is 2. The Morgan fingerprint density at radius 3 is 2.87 bits per heavy atom. The number of rotatable bonds is 9. The lowest BCUT2D eigenvalue weighted by Gasteiger charge is -2.11. The van der Waals surface area contributed by atoms with Gasteiger partial charge in [-0.3, -0.25) is 4.79 Å². The zero-order chi connectivity index (χ0) is 21.5. The molecule has 4 rings (SSSR count). The number of H-pyrrole nitrogens is 1. The number of imidazole rings is 1. The van der Waals surface area contributed by atoms with Gasteiger partial charge in [-0.1, -0.05) is 67.6 Å². The number of benzene rings is 3. The molecule has 3 aromatic carbocycles. The van der Waals surface area contributed by atoms with Crippen LogP contribution in [0.25, 0.3) is 21.8 Å². The minimum absolute atomic E-state index is 0.199. The lowest BCUT2D eigenvalue weighted by Crippen LogP contribution is -2.19. The summed E-state index contributed by atoms with van der Waals surface area (Å²) in [6.07, 6.45) is 3.71. The van der Waals surface area contributed by atoms with Crippen molar-refractivity contribution in [2.75, 3.05) is 12.4 Å². The molecule has 0 saturated heterocycles. The lowest BCUT2D eigenvalue weighted by atomic mass is 10.0. The number of thioether (sulfide) groups is 1. The number of unbranched alkanes of at least 4 members (excludes halogenated alkanes) is 1. The SMILES string of the molecule is CCCCOc1ccc2ccccc2c1/C=N/NC(=O)CSc1nc2ccccc2[nH]1. The average molecular weight is 433 g/mol. The second-order valence-corrected chi connectivity index (χ2v) is 8.01. The maximum absolute atomic E-state index is 12.3. The normalized spacial score (nSPS) is 11.4. The van der Waals surface area contributed by atoms with Gasteiger partial charge >= 0.3 is 0 Å². The fraction of sp³-hybridized carbons (Fsp3) is 0.208. The number of para-hydroxylation sites is 2. The highest BCUT2D eigenvalue weighted by molar-refractivity contribution is 7.99. The summed E-state index contributed by atoms with van der Waals surface area (Å²) in [5.74, 6) is 0.782. The molecule has 1 amide bonds. The van der Waals surface area contributed by atoms with Gasteiger partial charge in [-0.05, 0) is 35.4 Å². The van der Waals surface area contributed by atoms with Gasteiger partial charge in [-0.25, -0.2) is 10.4 Å². The van der Waals surface area contributed by atoms with Crippen molar-refractivity contribution >= 4 is 45.7 Å². The molecule has 0 fully saturated rings. The summed E-state index contributed by atoms with van der Waals surface area (Å²) in [6, 6.07) is 19.8. The summed E-state index contributed by atoms with van der Waals surface area (Å²) < 4.78 is 5.96. The number of aromatic amines is 1. The van der Waals surface area contributed by atoms with E-state index in [4.69, 9.17) is 4.74 Å². The van der Waals surface area contributed by atoms with Crippen LogP contribution in [0.15, 0.2) is 70.9 Å². The van der Waals surface area contributed by atoms with Crippen molar-refractivity contribution in [3.8, 4) is 5.75 Å². The van der Waals surface area contributed by atoms with Crippen LogP contribution in [-0.2, 0) is 4.79 Å². The van der Waals surface area contributed by atoms with Crippen molar-refractivity contribution in [2.45, 2.75) is 24.9 Å². The van der Waals surface area contributed by atoms with E-state index in [1.165, 1.54) is 11.8 Å². The van der Waals surface area contributed by atoms with Gasteiger partial charge in [0.2, 0.25) is 0 Å². The van der Waals surface area contributed by atoms with Gasteiger partial charge in [-0.15, -0.1) is 0 Å². The van der Waals surface area contributed by atoms with Gasteiger partial charge in [0.05, 0.1) is 29.6 Å². The predicted octanol–water partition coefficient (Wildman–Crippen LogP) is 5.14. The van der Waals surface area contributed by atoms with E-state index in [-0.39, 0.29) is 11.7 Å². The monoisotopic (exact) mass is 432 g/mol. The van der Waals surface area contributed by atoms with Crippen LogP contribution < -0.4 is 10.2 Å². The number of hydrogen-bond acceptors (Lipinski definition) is 5. The number of nitrogens with one attached hydrogen (secondary N) is 2. The smallest absolute Gasteiger partial charge is 0.250 e. The third-order valence-electron chi connectivity index (χ3n) is 4.78. The van der Waals surface area contributed by atoms with E-state index in [0.29, 0.717) is 11.8 Å². The van der Waals surface area contributed by atoms with E-state index in [2.05, 4.69) is 27.4 Å². The summed E-state index contributed by atoms with van der Waals surface area (Å²) in [5, 5.41) is 7.03. The molecule has 31 heavy (non-hydrogen) atoms. The number of fused-ring (bicyclic) bond motifs is 2. The maximum Gasteiger partial charge on any atom is 0.250 e. The van der Waals surface area contributed by atoms with Crippen LogP contribution in [0.4, 0.5) is 0 Å². The molecular formula is C24H24N4O2S. The van der Waals surface area contributed by atoms with Crippen LogP contribution in [0, 0.1) is 0 Å². The number of ether oxygens (including phenoxy) is 1. The molecule has 0 saturated carbocycles. The highest BCUT2D eigenvalue weighted by Crippen LogP contribution is 2.27. The molecule has 0 atom stereocenters. The molecule has 1 aromatic heterocycles. The summed E-state index contributed by atoms with van der Waals surface area (Å²) >= 11 is 1.34. The molecule has 0 unspecified atom stereocenters. The number of carbonyl (C=O) groups is 1. The first-order chi connectivity index (χ1) is 15.2. The fourth-order valence-corrected chi connectivity index (χ4v) is 3.87. The summed E-state index contributed by atoms with van der Waals surface area (Å²) in [7, 11) is 0. The minimum Gasteiger partial charge on any atom is -0.493 e. The number of amides is 1. The van der Waals surface area contributed by atoms with E-state index < -0.39 is 0 Å². The molecule has 1 heterocycles. The van der Waals surface area contributed by atoms with E-state index in [0.717, 1.165) is 46.0 Å². The molecule has 0 aliphatic rings. The lowest BCUT2D eigenvalue weighted by molar-refractivity contribution is -0.118. The second-order valence-electron chi connectivity index (χ2n) is 7.04. The third kappa shape index (κ3) is 5.24. The molecule has 0 spiro atoms. The van der Waals surface area contributed by atoms with Crippen molar-refractivity contribution < 1.29 is 9.53 Å². The number of nitrogens with zero attached hydrogens (tertiary/aromatic N) is 2. The molecule has 6 nitrogen and oxygen atoms in total. The van der Waals surface area contributed by atoms with Crippen molar-refractivity contribution in [2.24, 2.45) is 5.10 Å². The molecule has 0 radical (unpaired) electrons. The molecule has 0 bridgehead atoms. The van der Waals surface area contributed by atoms with Gasteiger partial charge in [0.1, 0.15) is 5.75 Å². The molecule has 2 N–H and O–H groups in total. The van der Waals surface area contributed by atoms with Gasteiger partial charge < -0.3 is 9.72 Å². The highest BCUT2D eigenvalue weighted by atomic mass is 32.2. The quantitative estimate of drug-likeness (QED) is 0.166. The predicted molar refractivity (Wildman–Crippen MR) is 127 cm³/mol. The Morgan fingerprint density at radius 1 is 1.16 bits per heavy atom. The van der Waals surface area contributed by atoms with Crippen LogP contribution in [0.1, 0.15) is 25.3 Å². The number of carbonyl (C=O) groups excluding carboxylic acids is 1. The van der Waals surface area contributed by atoms with Crippen molar-refractivity contribution in [3.05, 3.63) is 66.2 Å². The Hall–Kier alpha value is -3.32. The largest absolute Gasteiger partial charge is 0.493 e. The van der Waals surface area contributed by atoms with Gasteiger partial charge in [0, 0.05) is 5.56 Å². The summed E-state index contributed by atoms with van der Waals surface area (Å²) in [4.78, 5) is 19.9. The highest BCUT2D eigenvalue weighted by Gasteiger charge is 2.09. The first-order valence-corrected chi connectivity index (χ1v) is 11.3. The van der Waals surface area contributed by atoms with Crippen molar-refractivity contribution in [1.82, 2.24) is 15.4 Å². The number of aromatic nitrogens is 2. The van der Waals surface area contributed by atoms with E-state index in [1.54, 1.807) is 6.21 Å². The van der Waals surface area contributed by atoms with Crippen LogP contribution in [0.3, 0.4) is 0 Å².